The predicted molar refractivity (Wildman–Crippen MR) is 62.5 cm³/mol. The highest BCUT2D eigenvalue weighted by atomic mass is 19.4. The lowest BCUT2D eigenvalue weighted by molar-refractivity contribution is -0.146. The van der Waals surface area contributed by atoms with Crippen molar-refractivity contribution < 1.29 is 17.7 Å². The normalized spacial score (nSPS) is 12.2. The van der Waals surface area contributed by atoms with E-state index in [-0.39, 0.29) is 12.4 Å². The minimum absolute atomic E-state index is 0.0427. The maximum atomic E-state index is 12.3. The Hall–Kier alpha value is -1.90. The fourth-order valence-electron chi connectivity index (χ4n) is 1.68. The Morgan fingerprint density at radius 2 is 2.20 bits per heavy atom. The van der Waals surface area contributed by atoms with Crippen molar-refractivity contribution in [2.24, 2.45) is 0 Å². The summed E-state index contributed by atoms with van der Waals surface area (Å²) in [5.74, 6) is -1.28. The molecule has 0 aliphatic heterocycles. The van der Waals surface area contributed by atoms with Crippen LogP contribution in [0.3, 0.4) is 0 Å². The molecule has 110 valence electrons. The Labute approximate surface area is 113 Å². The Bertz CT molecular complexity index is 522. The van der Waals surface area contributed by atoms with E-state index >= 15 is 0 Å². The molecule has 2 aromatic rings. The summed E-state index contributed by atoms with van der Waals surface area (Å²) in [6, 6.07) is 1.83. The van der Waals surface area contributed by atoms with E-state index in [1.807, 2.05) is 17.2 Å². The molecule has 9 heteroatoms. The van der Waals surface area contributed by atoms with Crippen LogP contribution in [0.5, 0.6) is 0 Å². The van der Waals surface area contributed by atoms with Gasteiger partial charge in [0.25, 0.3) is 5.82 Å². The average Bonchev–Trinajstić information content (AvgIpc) is 2.98. The molecule has 2 heterocycles. The topological polar surface area (TPSA) is 60.0 Å². The Morgan fingerprint density at radius 3 is 2.80 bits per heavy atom. The lowest BCUT2D eigenvalue weighted by Gasteiger charge is -2.13. The number of aromatic nitrogens is 4. The first-order valence-corrected chi connectivity index (χ1v) is 6.01. The fraction of sp³-hybridized carbons (Fsp3) is 0.545. The van der Waals surface area contributed by atoms with Gasteiger partial charge in [0, 0.05) is 25.5 Å². The summed E-state index contributed by atoms with van der Waals surface area (Å²) in [7, 11) is 1.78. The van der Waals surface area contributed by atoms with Crippen LogP contribution < -0.4 is 0 Å². The third-order valence-electron chi connectivity index (χ3n) is 2.61. The molecule has 0 atom stereocenters. The van der Waals surface area contributed by atoms with E-state index in [0.29, 0.717) is 6.54 Å². The van der Waals surface area contributed by atoms with E-state index in [4.69, 9.17) is 0 Å². The van der Waals surface area contributed by atoms with Gasteiger partial charge in [0.15, 0.2) is 0 Å². The Morgan fingerprint density at radius 1 is 1.40 bits per heavy atom. The number of alkyl halides is 3. The van der Waals surface area contributed by atoms with Crippen molar-refractivity contribution in [3.63, 3.8) is 0 Å². The molecule has 0 N–H and O–H groups in total. The third-order valence-corrected chi connectivity index (χ3v) is 2.61. The molecule has 0 unspecified atom stereocenters. The molecule has 20 heavy (non-hydrogen) atoms. The molecule has 0 saturated carbocycles. The molecule has 2 rings (SSSR count). The second kappa shape index (κ2) is 6.04. The van der Waals surface area contributed by atoms with Gasteiger partial charge in [0.1, 0.15) is 0 Å². The van der Waals surface area contributed by atoms with Gasteiger partial charge < -0.3 is 4.52 Å². The van der Waals surface area contributed by atoms with Crippen LogP contribution in [-0.2, 0) is 19.3 Å². The molecule has 0 aliphatic rings. The van der Waals surface area contributed by atoms with Crippen LogP contribution in [0.2, 0.25) is 0 Å². The van der Waals surface area contributed by atoms with Crippen LogP contribution in [-0.4, -0.2) is 38.4 Å². The highest BCUT2D eigenvalue weighted by Gasteiger charge is 2.37. The summed E-state index contributed by atoms with van der Waals surface area (Å²) in [6.45, 7) is 1.61. The van der Waals surface area contributed by atoms with Crippen LogP contribution in [0.4, 0.5) is 13.2 Å². The van der Waals surface area contributed by atoms with Crippen LogP contribution in [0.25, 0.3) is 0 Å². The number of halogens is 3. The van der Waals surface area contributed by atoms with E-state index in [1.165, 1.54) is 0 Å². The first-order valence-electron chi connectivity index (χ1n) is 6.01. The summed E-state index contributed by atoms with van der Waals surface area (Å²) in [5.41, 5.74) is 0. The zero-order valence-electron chi connectivity index (χ0n) is 10.8. The van der Waals surface area contributed by atoms with Crippen molar-refractivity contribution in [3.05, 3.63) is 30.2 Å². The molecule has 0 aliphatic carbocycles. The molecule has 0 fully saturated rings. The van der Waals surface area contributed by atoms with E-state index in [0.717, 1.165) is 13.0 Å². The lowest BCUT2D eigenvalue weighted by atomic mass is 10.4. The largest absolute Gasteiger partial charge is 0.455 e. The number of hydrogen-bond donors (Lipinski definition) is 0. The molecule has 0 saturated heterocycles. The summed E-state index contributed by atoms with van der Waals surface area (Å²) in [4.78, 5) is 5.13. The summed E-state index contributed by atoms with van der Waals surface area (Å²) in [5, 5.41) is 6.97. The Kier molecular flexibility index (Phi) is 4.38. The maximum Gasteiger partial charge on any atom is 0.455 e. The molecule has 0 bridgehead atoms. The van der Waals surface area contributed by atoms with Crippen LogP contribution in [0.1, 0.15) is 18.1 Å². The first-order chi connectivity index (χ1) is 9.45. The quantitative estimate of drug-likeness (QED) is 0.811. The van der Waals surface area contributed by atoms with Gasteiger partial charge in [-0.25, -0.2) is 0 Å². The average molecular weight is 289 g/mol. The molecule has 0 radical (unpaired) electrons. The van der Waals surface area contributed by atoms with Gasteiger partial charge in [0.05, 0.1) is 6.54 Å². The van der Waals surface area contributed by atoms with Gasteiger partial charge in [0.2, 0.25) is 5.89 Å². The lowest BCUT2D eigenvalue weighted by Crippen LogP contribution is -2.20. The summed E-state index contributed by atoms with van der Waals surface area (Å²) in [6.07, 6.45) is -0.201. The highest BCUT2D eigenvalue weighted by Crippen LogP contribution is 2.26. The van der Waals surface area contributed by atoms with Crippen molar-refractivity contribution >= 4 is 0 Å². The van der Waals surface area contributed by atoms with Crippen molar-refractivity contribution in [3.8, 4) is 0 Å². The molecule has 2 aromatic heterocycles. The molecule has 0 aromatic carbocycles. The van der Waals surface area contributed by atoms with Gasteiger partial charge in [-0.3, -0.25) is 9.58 Å². The van der Waals surface area contributed by atoms with Crippen molar-refractivity contribution in [1.82, 2.24) is 24.8 Å². The second-order valence-corrected chi connectivity index (χ2v) is 4.37. The van der Waals surface area contributed by atoms with E-state index in [1.54, 1.807) is 17.9 Å². The summed E-state index contributed by atoms with van der Waals surface area (Å²) >= 11 is 0. The van der Waals surface area contributed by atoms with E-state index in [9.17, 15) is 13.2 Å². The van der Waals surface area contributed by atoms with Crippen molar-refractivity contribution in [2.75, 3.05) is 13.6 Å². The van der Waals surface area contributed by atoms with Gasteiger partial charge >= 0.3 is 6.18 Å². The summed E-state index contributed by atoms with van der Waals surface area (Å²) < 4.78 is 43.2. The van der Waals surface area contributed by atoms with Crippen LogP contribution in [0, 0.1) is 0 Å². The van der Waals surface area contributed by atoms with Crippen molar-refractivity contribution in [2.45, 2.75) is 25.7 Å². The van der Waals surface area contributed by atoms with Crippen molar-refractivity contribution in [1.29, 1.82) is 0 Å². The SMILES string of the molecule is CN(CCCn1cccn1)Cc1nc(C(F)(F)F)no1. The van der Waals surface area contributed by atoms with Gasteiger partial charge in [-0.2, -0.15) is 23.3 Å². The van der Waals surface area contributed by atoms with Crippen LogP contribution >= 0.6 is 0 Å². The predicted octanol–water partition coefficient (Wildman–Crippen LogP) is 1.81. The molecule has 6 nitrogen and oxygen atoms in total. The number of nitrogens with zero attached hydrogens (tertiary/aromatic N) is 5. The zero-order valence-corrected chi connectivity index (χ0v) is 10.8. The van der Waals surface area contributed by atoms with E-state index in [2.05, 4.69) is 19.8 Å². The zero-order chi connectivity index (χ0) is 14.6. The van der Waals surface area contributed by atoms with Crippen LogP contribution in [0.15, 0.2) is 23.0 Å². The second-order valence-electron chi connectivity index (χ2n) is 4.37. The van der Waals surface area contributed by atoms with Gasteiger partial charge in [-0.15, -0.1) is 0 Å². The standard InChI is InChI=1S/C11H14F3N5O/c1-18(5-3-7-19-6-2-4-15-19)8-9-16-10(17-20-9)11(12,13)14/h2,4,6H,3,5,7-8H2,1H3. The van der Waals surface area contributed by atoms with E-state index < -0.39 is 12.0 Å². The monoisotopic (exact) mass is 289 g/mol. The smallest absolute Gasteiger partial charge is 0.338 e. The maximum absolute atomic E-state index is 12.3. The first kappa shape index (κ1) is 14.5. The highest BCUT2D eigenvalue weighted by molar-refractivity contribution is 4.90. The number of rotatable bonds is 6. The number of aryl methyl sites for hydroxylation is 1. The number of hydrogen-bond acceptors (Lipinski definition) is 5. The third kappa shape index (κ3) is 4.05. The molecule has 0 amide bonds. The molecule has 0 spiro atoms. The molecular formula is C11H14F3N5O. The van der Waals surface area contributed by atoms with Gasteiger partial charge in [-0.1, -0.05) is 5.16 Å². The van der Waals surface area contributed by atoms with Gasteiger partial charge in [-0.05, 0) is 19.5 Å². The Balaban J connectivity index is 1.76. The fourth-order valence-corrected chi connectivity index (χ4v) is 1.68. The minimum atomic E-state index is -4.57. The minimum Gasteiger partial charge on any atom is -0.338 e. The molecular weight excluding hydrogens is 275 g/mol.